The maximum absolute atomic E-state index is 12.2. The zero-order valence-corrected chi connectivity index (χ0v) is 8.59. The van der Waals surface area contributed by atoms with Crippen molar-refractivity contribution in [3.63, 3.8) is 0 Å². The average molecular weight is 267 g/mol. The van der Waals surface area contributed by atoms with Crippen LogP contribution in [-0.2, 0) is 0 Å². The maximum atomic E-state index is 12.2. The minimum atomic E-state index is -2.81. The predicted molar refractivity (Wildman–Crippen MR) is 48.3 cm³/mol. The van der Waals surface area contributed by atoms with Crippen LogP contribution in [0.3, 0.4) is 0 Å². The van der Waals surface area contributed by atoms with Gasteiger partial charge < -0.3 is 0 Å². The Hall–Kier alpha value is -1.11. The van der Waals surface area contributed by atoms with Gasteiger partial charge in [0.05, 0.1) is 10.6 Å². The van der Waals surface area contributed by atoms with Crippen LogP contribution in [0.5, 0.6) is 0 Å². The van der Waals surface area contributed by atoms with E-state index in [2.05, 4.69) is 20.9 Å². The zero-order chi connectivity index (χ0) is 10.9. The van der Waals surface area contributed by atoms with Crippen molar-refractivity contribution < 1.29 is 13.7 Å². The van der Waals surface area contributed by atoms with Gasteiger partial charge in [-0.1, -0.05) is 0 Å². The van der Waals surface area contributed by atoms with Gasteiger partial charge in [-0.05, 0) is 22.9 Å². The minimum absolute atomic E-state index is 0.131. The molecule has 0 saturated heterocycles. The summed E-state index contributed by atoms with van der Waals surface area (Å²) in [5.74, 6) is 0. The third kappa shape index (κ3) is 2.03. The van der Waals surface area contributed by atoms with E-state index in [4.69, 9.17) is 0 Å². The molecule has 0 spiro atoms. The van der Waals surface area contributed by atoms with Gasteiger partial charge in [0.2, 0.25) is 0 Å². The largest absolute Gasteiger partial charge is 0.287 e. The molecule has 0 radical (unpaired) electrons. The van der Waals surface area contributed by atoms with Crippen LogP contribution in [0.2, 0.25) is 0 Å². The van der Waals surface area contributed by atoms with Gasteiger partial charge >= 0.3 is 0 Å². The molecule has 0 fully saturated rings. The summed E-state index contributed by atoms with van der Waals surface area (Å²) >= 11 is 2.91. The number of hydrogen-bond acceptors (Lipinski definition) is 3. The summed E-state index contributed by atoms with van der Waals surface area (Å²) < 4.78 is 24.6. The quantitative estimate of drug-likeness (QED) is 0.611. The summed E-state index contributed by atoms with van der Waals surface area (Å²) in [7, 11) is 0. The Morgan fingerprint density at radius 2 is 2.21 bits per heavy atom. The summed E-state index contributed by atoms with van der Waals surface area (Å²) in [5.41, 5.74) is -0.806. The third-order valence-electron chi connectivity index (χ3n) is 1.54. The number of alkyl halides is 2. The van der Waals surface area contributed by atoms with Gasteiger partial charge in [0.15, 0.2) is 0 Å². The monoisotopic (exact) mass is 266 g/mol. The number of aromatic nitrogens is 1. The SMILES string of the molecule is Cc1nc(C(F)F)cc([N+](=O)[O-])c1Br. The van der Waals surface area contributed by atoms with Gasteiger partial charge in [-0.3, -0.25) is 15.1 Å². The first-order valence-electron chi connectivity index (χ1n) is 3.53. The second-order valence-electron chi connectivity index (χ2n) is 2.52. The smallest absolute Gasteiger partial charge is 0.258 e. The normalized spacial score (nSPS) is 10.6. The first-order valence-corrected chi connectivity index (χ1v) is 4.32. The van der Waals surface area contributed by atoms with Crippen molar-refractivity contribution in [2.24, 2.45) is 0 Å². The molecule has 0 saturated carbocycles. The molecule has 0 aliphatic carbocycles. The highest BCUT2D eigenvalue weighted by Gasteiger charge is 2.20. The molecule has 0 aliphatic rings. The fourth-order valence-corrected chi connectivity index (χ4v) is 1.26. The first kappa shape index (κ1) is 11.0. The van der Waals surface area contributed by atoms with E-state index >= 15 is 0 Å². The maximum Gasteiger partial charge on any atom is 0.287 e. The van der Waals surface area contributed by atoms with E-state index in [0.29, 0.717) is 0 Å². The van der Waals surface area contributed by atoms with Gasteiger partial charge in [-0.2, -0.15) is 0 Å². The van der Waals surface area contributed by atoms with Crippen LogP contribution in [0.4, 0.5) is 14.5 Å². The van der Waals surface area contributed by atoms with E-state index in [1.165, 1.54) is 6.92 Å². The van der Waals surface area contributed by atoms with E-state index in [9.17, 15) is 18.9 Å². The summed E-state index contributed by atoms with van der Waals surface area (Å²) in [6.45, 7) is 1.42. The second-order valence-corrected chi connectivity index (χ2v) is 3.32. The van der Waals surface area contributed by atoms with Crippen LogP contribution in [0.1, 0.15) is 17.8 Å². The second kappa shape index (κ2) is 3.95. The highest BCUT2D eigenvalue weighted by atomic mass is 79.9. The van der Waals surface area contributed by atoms with E-state index in [0.717, 1.165) is 6.07 Å². The molecule has 0 amide bonds. The molecule has 0 aliphatic heterocycles. The molecule has 0 unspecified atom stereocenters. The van der Waals surface area contributed by atoms with Gasteiger partial charge in [-0.25, -0.2) is 8.78 Å². The van der Waals surface area contributed by atoms with Crippen LogP contribution in [0, 0.1) is 17.0 Å². The van der Waals surface area contributed by atoms with Crippen LogP contribution < -0.4 is 0 Å². The fourth-order valence-electron chi connectivity index (χ4n) is 0.908. The fraction of sp³-hybridized carbons (Fsp3) is 0.286. The highest BCUT2D eigenvalue weighted by molar-refractivity contribution is 9.10. The van der Waals surface area contributed by atoms with Crippen molar-refractivity contribution >= 4 is 21.6 Å². The Morgan fingerprint density at radius 3 is 2.64 bits per heavy atom. The van der Waals surface area contributed by atoms with Crippen molar-refractivity contribution in [3.8, 4) is 0 Å². The molecule has 14 heavy (non-hydrogen) atoms. The standard InChI is InChI=1S/C7H5BrF2N2O2/c1-3-6(8)5(12(13)14)2-4(11-3)7(9)10/h2,7H,1H3. The van der Waals surface area contributed by atoms with E-state index in [1.54, 1.807) is 0 Å². The molecule has 0 aromatic carbocycles. The molecule has 0 atom stereocenters. The molecule has 7 heteroatoms. The Bertz CT molecular complexity index is 384. The molecule has 1 aromatic heterocycles. The summed E-state index contributed by atoms with van der Waals surface area (Å²) in [5, 5.41) is 10.5. The van der Waals surface area contributed by atoms with E-state index in [1.807, 2.05) is 0 Å². The van der Waals surface area contributed by atoms with Crippen molar-refractivity contribution in [1.29, 1.82) is 0 Å². The number of nitro groups is 1. The third-order valence-corrected chi connectivity index (χ3v) is 2.52. The molecule has 0 bridgehead atoms. The number of rotatable bonds is 2. The molecular weight excluding hydrogens is 262 g/mol. The summed E-state index contributed by atoms with van der Waals surface area (Å²) in [4.78, 5) is 13.2. The average Bonchev–Trinajstić information content (AvgIpc) is 2.08. The number of pyridine rings is 1. The number of aryl methyl sites for hydroxylation is 1. The number of hydrogen-bond donors (Lipinski definition) is 0. The number of halogens is 3. The Morgan fingerprint density at radius 1 is 1.64 bits per heavy atom. The molecular formula is C7H5BrF2N2O2. The molecule has 76 valence electrons. The van der Waals surface area contributed by atoms with Crippen molar-refractivity contribution in [2.75, 3.05) is 0 Å². The lowest BCUT2D eigenvalue weighted by Gasteiger charge is -2.03. The lowest BCUT2D eigenvalue weighted by Crippen LogP contribution is -1.99. The van der Waals surface area contributed by atoms with Gasteiger partial charge in [0, 0.05) is 6.07 Å². The topological polar surface area (TPSA) is 56.0 Å². The first-order chi connectivity index (χ1) is 6.43. The Labute approximate surface area is 86.2 Å². The van der Waals surface area contributed by atoms with Crippen molar-refractivity contribution in [3.05, 3.63) is 32.0 Å². The predicted octanol–water partition coefficient (Wildman–Crippen LogP) is 3.00. The minimum Gasteiger partial charge on any atom is -0.258 e. The lowest BCUT2D eigenvalue weighted by atomic mass is 10.3. The zero-order valence-electron chi connectivity index (χ0n) is 7.00. The van der Waals surface area contributed by atoms with Crippen LogP contribution in [0.15, 0.2) is 10.5 Å². The van der Waals surface area contributed by atoms with Crippen LogP contribution in [0.25, 0.3) is 0 Å². The Kier molecular flexibility index (Phi) is 3.10. The van der Waals surface area contributed by atoms with Gasteiger partial charge in [-0.15, -0.1) is 0 Å². The lowest BCUT2D eigenvalue weighted by molar-refractivity contribution is -0.385. The Balaban J connectivity index is 3.35. The molecule has 1 rings (SSSR count). The van der Waals surface area contributed by atoms with Crippen molar-refractivity contribution in [2.45, 2.75) is 13.3 Å². The van der Waals surface area contributed by atoms with Crippen LogP contribution in [-0.4, -0.2) is 9.91 Å². The molecule has 0 N–H and O–H groups in total. The van der Waals surface area contributed by atoms with E-state index < -0.39 is 22.7 Å². The highest BCUT2D eigenvalue weighted by Crippen LogP contribution is 2.30. The van der Waals surface area contributed by atoms with Gasteiger partial charge in [0.25, 0.3) is 12.1 Å². The van der Waals surface area contributed by atoms with Gasteiger partial charge in [0.1, 0.15) is 10.2 Å². The van der Waals surface area contributed by atoms with Crippen LogP contribution >= 0.6 is 15.9 Å². The van der Waals surface area contributed by atoms with E-state index in [-0.39, 0.29) is 10.2 Å². The molecule has 1 aromatic rings. The summed E-state index contributed by atoms with van der Waals surface area (Å²) in [6.07, 6.45) is -2.81. The van der Waals surface area contributed by atoms with Crippen molar-refractivity contribution in [1.82, 2.24) is 4.98 Å². The molecule has 1 heterocycles. The summed E-state index contributed by atoms with van der Waals surface area (Å²) in [6, 6.07) is 0.766. The molecule has 4 nitrogen and oxygen atoms in total. The number of nitrogens with zero attached hydrogens (tertiary/aromatic N) is 2.